The summed E-state index contributed by atoms with van der Waals surface area (Å²) in [4.78, 5) is 7.95. The SMILES string of the molecule is CC(C)Cc1[c]nccn1. The van der Waals surface area contributed by atoms with Crippen molar-refractivity contribution in [2.24, 2.45) is 5.92 Å². The maximum atomic E-state index is 4.10. The predicted octanol–water partition coefficient (Wildman–Crippen LogP) is 1.48. The van der Waals surface area contributed by atoms with E-state index < -0.39 is 0 Å². The van der Waals surface area contributed by atoms with Crippen LogP contribution in [0.25, 0.3) is 0 Å². The van der Waals surface area contributed by atoms with Crippen molar-refractivity contribution in [3.63, 3.8) is 0 Å². The van der Waals surface area contributed by atoms with Gasteiger partial charge >= 0.3 is 0 Å². The van der Waals surface area contributed by atoms with Gasteiger partial charge in [0.05, 0.1) is 5.69 Å². The highest BCUT2D eigenvalue weighted by molar-refractivity contribution is 4.92. The Labute approximate surface area is 61.3 Å². The average Bonchev–Trinajstić information content (AvgIpc) is 1.88. The molecule has 0 atom stereocenters. The zero-order chi connectivity index (χ0) is 7.40. The molecule has 1 aromatic rings. The lowest BCUT2D eigenvalue weighted by Crippen LogP contribution is -1.97. The van der Waals surface area contributed by atoms with E-state index in [4.69, 9.17) is 0 Å². The first-order valence-corrected chi connectivity index (χ1v) is 3.46. The lowest BCUT2D eigenvalue weighted by Gasteiger charge is -2.00. The van der Waals surface area contributed by atoms with Crippen LogP contribution in [0, 0.1) is 12.1 Å². The first-order chi connectivity index (χ1) is 4.79. The van der Waals surface area contributed by atoms with E-state index in [0.717, 1.165) is 12.1 Å². The lowest BCUT2D eigenvalue weighted by atomic mass is 10.1. The molecular formula is C8H11N2. The van der Waals surface area contributed by atoms with E-state index in [0.29, 0.717) is 5.92 Å². The third-order valence-electron chi connectivity index (χ3n) is 1.17. The van der Waals surface area contributed by atoms with Crippen molar-refractivity contribution in [2.75, 3.05) is 0 Å². The molecule has 0 saturated heterocycles. The third kappa shape index (κ3) is 2.13. The second kappa shape index (κ2) is 3.30. The minimum atomic E-state index is 0.632. The summed E-state index contributed by atoms with van der Waals surface area (Å²) in [6.45, 7) is 4.31. The molecule has 1 aromatic heterocycles. The Morgan fingerprint density at radius 2 is 2.30 bits per heavy atom. The van der Waals surface area contributed by atoms with E-state index >= 15 is 0 Å². The summed E-state index contributed by atoms with van der Waals surface area (Å²) in [6.07, 6.45) is 7.15. The van der Waals surface area contributed by atoms with Gasteiger partial charge in [-0.1, -0.05) is 13.8 Å². The standard InChI is InChI=1S/C8H11N2/c1-7(2)5-8-6-9-3-4-10-8/h3-4,7H,5H2,1-2H3. The van der Waals surface area contributed by atoms with E-state index in [-0.39, 0.29) is 0 Å². The summed E-state index contributed by atoms with van der Waals surface area (Å²) in [6, 6.07) is 0. The van der Waals surface area contributed by atoms with Gasteiger partial charge in [-0.3, -0.25) is 9.97 Å². The molecule has 53 valence electrons. The largest absolute Gasteiger partial charge is 0.257 e. The number of hydrogen-bond donors (Lipinski definition) is 0. The van der Waals surface area contributed by atoms with Gasteiger partial charge < -0.3 is 0 Å². The number of aromatic nitrogens is 2. The number of nitrogens with zero attached hydrogens (tertiary/aromatic N) is 2. The Kier molecular flexibility index (Phi) is 2.37. The Balaban J connectivity index is 2.59. The maximum absolute atomic E-state index is 4.10. The molecule has 0 fully saturated rings. The molecule has 2 nitrogen and oxygen atoms in total. The summed E-state index contributed by atoms with van der Waals surface area (Å²) >= 11 is 0. The van der Waals surface area contributed by atoms with Gasteiger partial charge in [-0.25, -0.2) is 0 Å². The highest BCUT2D eigenvalue weighted by Gasteiger charge is 1.97. The van der Waals surface area contributed by atoms with Crippen molar-refractivity contribution in [1.82, 2.24) is 9.97 Å². The monoisotopic (exact) mass is 135 g/mol. The van der Waals surface area contributed by atoms with E-state index in [9.17, 15) is 0 Å². The summed E-state index contributed by atoms with van der Waals surface area (Å²) < 4.78 is 0. The Hall–Kier alpha value is -0.920. The first-order valence-electron chi connectivity index (χ1n) is 3.46. The fourth-order valence-corrected chi connectivity index (χ4v) is 0.782. The first kappa shape index (κ1) is 7.19. The lowest BCUT2D eigenvalue weighted by molar-refractivity contribution is 0.632. The molecule has 0 N–H and O–H groups in total. The Bertz CT molecular complexity index is 182. The zero-order valence-corrected chi connectivity index (χ0v) is 6.33. The normalized spacial score (nSPS) is 10.3. The fourth-order valence-electron chi connectivity index (χ4n) is 0.782. The van der Waals surface area contributed by atoms with Gasteiger partial charge in [0.2, 0.25) is 0 Å². The zero-order valence-electron chi connectivity index (χ0n) is 6.33. The second-order valence-electron chi connectivity index (χ2n) is 2.71. The van der Waals surface area contributed by atoms with Crippen LogP contribution in [-0.2, 0) is 6.42 Å². The van der Waals surface area contributed by atoms with Crippen molar-refractivity contribution in [3.05, 3.63) is 24.3 Å². The van der Waals surface area contributed by atoms with E-state index in [1.807, 2.05) is 0 Å². The summed E-state index contributed by atoms with van der Waals surface area (Å²) in [5, 5.41) is 0. The molecular weight excluding hydrogens is 124 g/mol. The van der Waals surface area contributed by atoms with Crippen molar-refractivity contribution in [3.8, 4) is 0 Å². The third-order valence-corrected chi connectivity index (χ3v) is 1.17. The molecule has 1 heterocycles. The van der Waals surface area contributed by atoms with Gasteiger partial charge in [0.15, 0.2) is 0 Å². The highest BCUT2D eigenvalue weighted by atomic mass is 14.8. The summed E-state index contributed by atoms with van der Waals surface area (Å²) in [5.41, 5.74) is 0.956. The molecule has 0 aromatic carbocycles. The van der Waals surface area contributed by atoms with Gasteiger partial charge in [-0.05, 0) is 12.3 Å². The van der Waals surface area contributed by atoms with Crippen LogP contribution in [0.5, 0.6) is 0 Å². The van der Waals surface area contributed by atoms with Gasteiger partial charge in [0.25, 0.3) is 0 Å². The topological polar surface area (TPSA) is 25.8 Å². The molecule has 0 bridgehead atoms. The fraction of sp³-hybridized carbons (Fsp3) is 0.500. The molecule has 10 heavy (non-hydrogen) atoms. The molecule has 1 radical (unpaired) electrons. The van der Waals surface area contributed by atoms with Crippen molar-refractivity contribution >= 4 is 0 Å². The number of rotatable bonds is 2. The van der Waals surface area contributed by atoms with Gasteiger partial charge in [0.1, 0.15) is 6.20 Å². The second-order valence-corrected chi connectivity index (χ2v) is 2.71. The van der Waals surface area contributed by atoms with Crippen LogP contribution in [0.2, 0.25) is 0 Å². The Morgan fingerprint density at radius 1 is 1.50 bits per heavy atom. The van der Waals surface area contributed by atoms with Crippen LogP contribution < -0.4 is 0 Å². The van der Waals surface area contributed by atoms with Crippen molar-refractivity contribution < 1.29 is 0 Å². The molecule has 0 aliphatic rings. The van der Waals surface area contributed by atoms with Crippen LogP contribution in [0.15, 0.2) is 12.4 Å². The van der Waals surface area contributed by atoms with Gasteiger partial charge in [0, 0.05) is 12.4 Å². The van der Waals surface area contributed by atoms with E-state index in [2.05, 4.69) is 30.0 Å². The van der Waals surface area contributed by atoms with Crippen LogP contribution in [-0.4, -0.2) is 9.97 Å². The van der Waals surface area contributed by atoms with Crippen LogP contribution >= 0.6 is 0 Å². The van der Waals surface area contributed by atoms with Crippen molar-refractivity contribution in [1.29, 1.82) is 0 Å². The molecule has 0 aliphatic heterocycles. The molecule has 0 saturated carbocycles. The molecule has 2 heteroatoms. The highest BCUT2D eigenvalue weighted by Crippen LogP contribution is 2.00. The maximum Gasteiger partial charge on any atom is 0.112 e. The minimum Gasteiger partial charge on any atom is -0.257 e. The predicted molar refractivity (Wildman–Crippen MR) is 39.4 cm³/mol. The van der Waals surface area contributed by atoms with Crippen LogP contribution in [0.1, 0.15) is 19.5 Å². The molecule has 1 rings (SSSR count). The van der Waals surface area contributed by atoms with Gasteiger partial charge in [-0.15, -0.1) is 0 Å². The van der Waals surface area contributed by atoms with E-state index in [1.165, 1.54) is 0 Å². The smallest absolute Gasteiger partial charge is 0.112 e. The molecule has 0 spiro atoms. The average molecular weight is 135 g/mol. The summed E-state index contributed by atoms with van der Waals surface area (Å²) in [7, 11) is 0. The molecule has 0 aliphatic carbocycles. The van der Waals surface area contributed by atoms with Gasteiger partial charge in [-0.2, -0.15) is 0 Å². The quantitative estimate of drug-likeness (QED) is 0.613. The Morgan fingerprint density at radius 3 is 2.80 bits per heavy atom. The van der Waals surface area contributed by atoms with Crippen LogP contribution in [0.3, 0.4) is 0 Å². The van der Waals surface area contributed by atoms with Crippen molar-refractivity contribution in [2.45, 2.75) is 20.3 Å². The van der Waals surface area contributed by atoms with Crippen LogP contribution in [0.4, 0.5) is 0 Å². The minimum absolute atomic E-state index is 0.632. The molecule has 0 amide bonds. The molecule has 0 unspecified atom stereocenters. The summed E-state index contributed by atoms with van der Waals surface area (Å²) in [5.74, 6) is 0.632. The number of hydrogen-bond acceptors (Lipinski definition) is 2. The van der Waals surface area contributed by atoms with E-state index in [1.54, 1.807) is 12.4 Å².